The van der Waals surface area contributed by atoms with Crippen molar-refractivity contribution in [3.05, 3.63) is 0 Å². The molecule has 2 atom stereocenters. The van der Waals surface area contributed by atoms with Crippen LogP contribution in [0.2, 0.25) is 0 Å². The summed E-state index contributed by atoms with van der Waals surface area (Å²) in [4.78, 5) is 21.3. The first kappa shape index (κ1) is 12.0. The van der Waals surface area contributed by atoms with Crippen LogP contribution in [-0.2, 0) is 9.59 Å². The van der Waals surface area contributed by atoms with Gasteiger partial charge in [0, 0.05) is 0 Å². The molecule has 15 heavy (non-hydrogen) atoms. The normalized spacial score (nSPS) is 21.1. The molecule has 0 saturated heterocycles. The Balaban J connectivity index is 2.57. The van der Waals surface area contributed by atoms with Crippen molar-refractivity contribution >= 4 is 11.9 Å². The summed E-state index contributed by atoms with van der Waals surface area (Å²) in [5.41, 5.74) is 0. The molecule has 1 unspecified atom stereocenters. The lowest BCUT2D eigenvalue weighted by Gasteiger charge is -2.18. The molecule has 0 aromatic carbocycles. The highest BCUT2D eigenvalue weighted by Crippen LogP contribution is 2.31. The van der Waals surface area contributed by atoms with Crippen LogP contribution in [0.15, 0.2) is 0 Å². The monoisotopic (exact) mass is 216 g/mol. The maximum Gasteiger partial charge on any atom is 0.333 e. The Bertz CT molecular complexity index is 244. The SMILES string of the molecule is O=C(O)C(CC1CCCC1)[C@H](O)C(=O)O. The van der Waals surface area contributed by atoms with E-state index in [1.54, 1.807) is 0 Å². The molecule has 0 aromatic heterocycles. The molecule has 86 valence electrons. The van der Waals surface area contributed by atoms with Gasteiger partial charge >= 0.3 is 11.9 Å². The maximum absolute atomic E-state index is 10.8. The largest absolute Gasteiger partial charge is 0.481 e. The first-order chi connectivity index (χ1) is 7.02. The topological polar surface area (TPSA) is 94.8 Å². The fraction of sp³-hybridized carbons (Fsp3) is 0.800. The highest BCUT2D eigenvalue weighted by Gasteiger charge is 2.34. The van der Waals surface area contributed by atoms with Gasteiger partial charge in [0.25, 0.3) is 0 Å². The third-order valence-electron chi connectivity index (χ3n) is 3.01. The Morgan fingerprint density at radius 2 is 1.67 bits per heavy atom. The van der Waals surface area contributed by atoms with E-state index in [1.165, 1.54) is 0 Å². The van der Waals surface area contributed by atoms with E-state index in [2.05, 4.69) is 0 Å². The van der Waals surface area contributed by atoms with Gasteiger partial charge < -0.3 is 15.3 Å². The summed E-state index contributed by atoms with van der Waals surface area (Å²) in [5, 5.41) is 26.6. The van der Waals surface area contributed by atoms with Gasteiger partial charge in [-0.2, -0.15) is 0 Å². The average molecular weight is 216 g/mol. The van der Waals surface area contributed by atoms with E-state index < -0.39 is 24.0 Å². The van der Waals surface area contributed by atoms with Crippen LogP contribution in [0, 0.1) is 11.8 Å². The van der Waals surface area contributed by atoms with Crippen LogP contribution >= 0.6 is 0 Å². The first-order valence-corrected chi connectivity index (χ1v) is 5.16. The number of aliphatic hydroxyl groups is 1. The average Bonchev–Trinajstić information content (AvgIpc) is 2.64. The van der Waals surface area contributed by atoms with Crippen molar-refractivity contribution in [2.45, 2.75) is 38.2 Å². The van der Waals surface area contributed by atoms with Crippen LogP contribution in [0.25, 0.3) is 0 Å². The van der Waals surface area contributed by atoms with Crippen LogP contribution in [0.4, 0.5) is 0 Å². The Morgan fingerprint density at radius 1 is 1.13 bits per heavy atom. The molecule has 5 nitrogen and oxygen atoms in total. The van der Waals surface area contributed by atoms with E-state index in [9.17, 15) is 14.7 Å². The standard InChI is InChI=1S/C10H16O5/c11-8(10(14)15)7(9(12)13)5-6-3-1-2-4-6/h6-8,11H,1-5H2,(H,12,13)(H,14,15)/t7?,8-/m0/s1. The Hall–Kier alpha value is -1.10. The van der Waals surface area contributed by atoms with Gasteiger partial charge in [0.2, 0.25) is 0 Å². The predicted octanol–water partition coefficient (Wildman–Crippen LogP) is 0.713. The minimum Gasteiger partial charge on any atom is -0.481 e. The Kier molecular flexibility index (Phi) is 4.08. The molecule has 0 aliphatic heterocycles. The lowest BCUT2D eigenvalue weighted by Crippen LogP contribution is -2.35. The molecule has 1 rings (SSSR count). The van der Waals surface area contributed by atoms with Gasteiger partial charge in [0.1, 0.15) is 0 Å². The first-order valence-electron chi connectivity index (χ1n) is 5.16. The number of hydrogen-bond acceptors (Lipinski definition) is 3. The predicted molar refractivity (Wildman–Crippen MR) is 51.3 cm³/mol. The van der Waals surface area contributed by atoms with Crippen molar-refractivity contribution in [1.82, 2.24) is 0 Å². The summed E-state index contributed by atoms with van der Waals surface area (Å²) in [6, 6.07) is 0. The Morgan fingerprint density at radius 3 is 2.07 bits per heavy atom. The number of carboxylic acid groups (broad SMARTS) is 2. The van der Waals surface area contributed by atoms with Crippen molar-refractivity contribution in [2.75, 3.05) is 0 Å². The lowest BCUT2D eigenvalue weighted by molar-refractivity contribution is -0.160. The minimum atomic E-state index is -1.79. The van der Waals surface area contributed by atoms with Crippen LogP contribution in [0.1, 0.15) is 32.1 Å². The van der Waals surface area contributed by atoms with E-state index in [4.69, 9.17) is 10.2 Å². The number of carboxylic acids is 2. The summed E-state index contributed by atoms with van der Waals surface area (Å²) in [6.07, 6.45) is 2.50. The van der Waals surface area contributed by atoms with Crippen LogP contribution in [0.5, 0.6) is 0 Å². The quantitative estimate of drug-likeness (QED) is 0.629. The molecule has 0 radical (unpaired) electrons. The van der Waals surface area contributed by atoms with E-state index in [0.29, 0.717) is 0 Å². The number of aliphatic carboxylic acids is 2. The molecule has 3 N–H and O–H groups in total. The Labute approximate surface area is 87.7 Å². The second kappa shape index (κ2) is 5.11. The zero-order chi connectivity index (χ0) is 11.4. The van der Waals surface area contributed by atoms with Gasteiger partial charge in [0.05, 0.1) is 5.92 Å². The van der Waals surface area contributed by atoms with Crippen molar-refractivity contribution in [1.29, 1.82) is 0 Å². The van der Waals surface area contributed by atoms with Gasteiger partial charge in [-0.1, -0.05) is 25.7 Å². The molecule has 5 heteroatoms. The molecule has 0 heterocycles. The molecular formula is C10H16O5. The number of carbonyl (C=O) groups is 2. The molecule has 1 saturated carbocycles. The van der Waals surface area contributed by atoms with Gasteiger partial charge in [-0.05, 0) is 12.3 Å². The summed E-state index contributed by atoms with van der Waals surface area (Å²) in [6.45, 7) is 0. The van der Waals surface area contributed by atoms with Crippen LogP contribution in [0.3, 0.4) is 0 Å². The van der Waals surface area contributed by atoms with E-state index in [1.807, 2.05) is 0 Å². The van der Waals surface area contributed by atoms with Crippen molar-refractivity contribution < 1.29 is 24.9 Å². The van der Waals surface area contributed by atoms with Gasteiger partial charge in [0.15, 0.2) is 6.10 Å². The molecule has 0 amide bonds. The van der Waals surface area contributed by atoms with Gasteiger partial charge in [-0.15, -0.1) is 0 Å². The highest BCUT2D eigenvalue weighted by molar-refractivity contribution is 5.81. The van der Waals surface area contributed by atoms with Crippen molar-refractivity contribution in [2.24, 2.45) is 11.8 Å². The molecule has 0 bridgehead atoms. The van der Waals surface area contributed by atoms with E-state index in [0.717, 1.165) is 25.7 Å². The number of rotatable bonds is 5. The molecule has 0 spiro atoms. The van der Waals surface area contributed by atoms with Crippen molar-refractivity contribution in [3.8, 4) is 0 Å². The smallest absolute Gasteiger partial charge is 0.333 e. The third-order valence-corrected chi connectivity index (χ3v) is 3.01. The van der Waals surface area contributed by atoms with Gasteiger partial charge in [-0.25, -0.2) is 4.79 Å². The fourth-order valence-electron chi connectivity index (χ4n) is 2.14. The maximum atomic E-state index is 10.8. The molecule has 1 aliphatic rings. The zero-order valence-corrected chi connectivity index (χ0v) is 8.43. The summed E-state index contributed by atoms with van der Waals surface area (Å²) in [5.74, 6) is -3.61. The summed E-state index contributed by atoms with van der Waals surface area (Å²) >= 11 is 0. The highest BCUT2D eigenvalue weighted by atomic mass is 16.4. The van der Waals surface area contributed by atoms with E-state index >= 15 is 0 Å². The van der Waals surface area contributed by atoms with E-state index in [-0.39, 0.29) is 12.3 Å². The number of hydrogen-bond donors (Lipinski definition) is 3. The molecule has 1 fully saturated rings. The van der Waals surface area contributed by atoms with Crippen LogP contribution in [-0.4, -0.2) is 33.4 Å². The van der Waals surface area contributed by atoms with Crippen LogP contribution < -0.4 is 0 Å². The van der Waals surface area contributed by atoms with Crippen molar-refractivity contribution in [3.63, 3.8) is 0 Å². The van der Waals surface area contributed by atoms with Gasteiger partial charge in [-0.3, -0.25) is 4.79 Å². The second-order valence-corrected chi connectivity index (χ2v) is 4.11. The fourth-order valence-corrected chi connectivity index (χ4v) is 2.14. The summed E-state index contributed by atoms with van der Waals surface area (Å²) in [7, 11) is 0. The molecular weight excluding hydrogens is 200 g/mol. The molecule has 0 aromatic rings. The lowest BCUT2D eigenvalue weighted by atomic mass is 9.89. The summed E-state index contributed by atoms with van der Waals surface area (Å²) < 4.78 is 0. The zero-order valence-electron chi connectivity index (χ0n) is 8.43. The third kappa shape index (κ3) is 3.20. The number of aliphatic hydroxyl groups excluding tert-OH is 1. The second-order valence-electron chi connectivity index (χ2n) is 4.11. The minimum absolute atomic E-state index is 0.250. The molecule has 1 aliphatic carbocycles.